The molecule has 3 aliphatic rings. The summed E-state index contributed by atoms with van der Waals surface area (Å²) in [5.41, 5.74) is 0.493. The fraction of sp³-hybridized carbons (Fsp3) is 0.348. The highest BCUT2D eigenvalue weighted by molar-refractivity contribution is 6.21. The van der Waals surface area contributed by atoms with Crippen LogP contribution in [0, 0.1) is 17.0 Å². The van der Waals surface area contributed by atoms with Crippen LogP contribution < -0.4 is 4.90 Å². The Balaban J connectivity index is 1.32. The molecule has 2 heterocycles. The van der Waals surface area contributed by atoms with Crippen molar-refractivity contribution < 1.29 is 23.2 Å². The van der Waals surface area contributed by atoms with Crippen LogP contribution in [0.2, 0.25) is 0 Å². The second kappa shape index (κ2) is 6.72. The summed E-state index contributed by atoms with van der Waals surface area (Å²) in [4.78, 5) is 41.5. The first-order valence-electron chi connectivity index (χ1n) is 10.1. The highest BCUT2D eigenvalue weighted by atomic mass is 19.1. The topological polar surface area (TPSA) is 57.7 Å². The largest absolute Gasteiger partial charge is 0.312 e. The summed E-state index contributed by atoms with van der Waals surface area (Å²) in [5, 5.41) is 0. The van der Waals surface area contributed by atoms with Crippen molar-refractivity contribution in [1.82, 2.24) is 4.90 Å². The minimum Gasteiger partial charge on any atom is -0.312 e. The normalized spacial score (nSPS) is 26.1. The molecule has 3 amide bonds. The van der Waals surface area contributed by atoms with E-state index in [1.54, 1.807) is 24.3 Å². The summed E-state index contributed by atoms with van der Waals surface area (Å²) in [7, 11) is 0. The third-order valence-electron chi connectivity index (χ3n) is 6.77. The van der Waals surface area contributed by atoms with Gasteiger partial charge in [0.1, 0.15) is 11.6 Å². The SMILES string of the molecule is O=C1c2ccccc2C(=O)N1C1CCC2(CC1)CCN(c1cc(F)cc(F)c1)C2=O. The maximum atomic E-state index is 13.6. The zero-order valence-electron chi connectivity index (χ0n) is 16.2. The Hall–Kier alpha value is -3.09. The second-order valence-electron chi connectivity index (χ2n) is 8.37. The molecule has 1 spiro atoms. The van der Waals surface area contributed by atoms with Crippen LogP contribution in [0.25, 0.3) is 0 Å². The van der Waals surface area contributed by atoms with Gasteiger partial charge in [0.15, 0.2) is 0 Å². The van der Waals surface area contributed by atoms with Crippen LogP contribution in [0.15, 0.2) is 42.5 Å². The highest BCUT2D eigenvalue weighted by Crippen LogP contribution is 2.47. The number of fused-ring (bicyclic) bond motifs is 1. The zero-order chi connectivity index (χ0) is 21.0. The van der Waals surface area contributed by atoms with Crippen LogP contribution in [-0.2, 0) is 4.79 Å². The average Bonchev–Trinajstić information content (AvgIpc) is 3.17. The van der Waals surface area contributed by atoms with E-state index in [0.29, 0.717) is 49.8 Å². The lowest BCUT2D eigenvalue weighted by Crippen LogP contribution is -2.46. The van der Waals surface area contributed by atoms with Crippen LogP contribution >= 0.6 is 0 Å². The molecule has 2 aromatic carbocycles. The predicted octanol–water partition coefficient (Wildman–Crippen LogP) is 3.93. The van der Waals surface area contributed by atoms with E-state index in [1.165, 1.54) is 21.9 Å². The van der Waals surface area contributed by atoms with Crippen molar-refractivity contribution in [3.63, 3.8) is 0 Å². The molecule has 2 aromatic rings. The lowest BCUT2D eigenvalue weighted by Gasteiger charge is -2.38. The summed E-state index contributed by atoms with van der Waals surface area (Å²) in [6.07, 6.45) is 2.76. The number of hydrogen-bond acceptors (Lipinski definition) is 3. The molecule has 2 fully saturated rings. The molecular weight excluding hydrogens is 390 g/mol. The molecule has 154 valence electrons. The third kappa shape index (κ3) is 2.75. The Morgan fingerprint density at radius 2 is 1.40 bits per heavy atom. The van der Waals surface area contributed by atoms with Crippen LogP contribution in [0.5, 0.6) is 0 Å². The predicted molar refractivity (Wildman–Crippen MR) is 105 cm³/mol. The van der Waals surface area contributed by atoms with E-state index in [2.05, 4.69) is 0 Å². The fourth-order valence-corrected chi connectivity index (χ4v) is 5.18. The molecule has 0 radical (unpaired) electrons. The third-order valence-corrected chi connectivity index (χ3v) is 6.77. The van der Waals surface area contributed by atoms with Gasteiger partial charge in [-0.05, 0) is 56.4 Å². The second-order valence-corrected chi connectivity index (χ2v) is 8.37. The molecular formula is C23H20F2N2O3. The minimum absolute atomic E-state index is 0.131. The molecule has 0 aromatic heterocycles. The molecule has 30 heavy (non-hydrogen) atoms. The van der Waals surface area contributed by atoms with E-state index in [4.69, 9.17) is 0 Å². The number of carbonyl (C=O) groups excluding carboxylic acids is 3. The number of benzene rings is 2. The first-order valence-corrected chi connectivity index (χ1v) is 10.1. The monoisotopic (exact) mass is 410 g/mol. The highest BCUT2D eigenvalue weighted by Gasteiger charge is 2.51. The maximum Gasteiger partial charge on any atom is 0.261 e. The molecule has 2 aliphatic heterocycles. The summed E-state index contributed by atoms with van der Waals surface area (Å²) in [5.74, 6) is -2.10. The van der Waals surface area contributed by atoms with Crippen molar-refractivity contribution in [2.75, 3.05) is 11.4 Å². The van der Waals surface area contributed by atoms with Gasteiger partial charge in [0.05, 0.1) is 16.5 Å². The van der Waals surface area contributed by atoms with Crippen LogP contribution in [0.4, 0.5) is 14.5 Å². The van der Waals surface area contributed by atoms with Crippen molar-refractivity contribution >= 4 is 23.4 Å². The van der Waals surface area contributed by atoms with Gasteiger partial charge in [-0.3, -0.25) is 19.3 Å². The van der Waals surface area contributed by atoms with Crippen LogP contribution in [0.3, 0.4) is 0 Å². The van der Waals surface area contributed by atoms with Crippen molar-refractivity contribution in [2.24, 2.45) is 5.41 Å². The number of anilines is 1. The number of rotatable bonds is 2. The zero-order valence-corrected chi connectivity index (χ0v) is 16.2. The van der Waals surface area contributed by atoms with Crippen molar-refractivity contribution in [1.29, 1.82) is 0 Å². The van der Waals surface area contributed by atoms with Gasteiger partial charge in [-0.2, -0.15) is 0 Å². The molecule has 1 saturated carbocycles. The summed E-state index contributed by atoms with van der Waals surface area (Å²) < 4.78 is 27.2. The standard InChI is InChI=1S/C23H20F2N2O3/c24-14-11-15(25)13-17(12-14)26-10-9-23(22(26)30)7-5-16(6-8-23)27-20(28)18-3-1-2-4-19(18)21(27)29/h1-4,11-13,16H,5-10H2. The Bertz CT molecular complexity index is 1020. The first kappa shape index (κ1) is 18.9. The molecule has 1 aliphatic carbocycles. The van der Waals surface area contributed by atoms with E-state index < -0.39 is 17.0 Å². The Labute approximate surface area is 172 Å². The molecule has 5 nitrogen and oxygen atoms in total. The number of carbonyl (C=O) groups is 3. The summed E-state index contributed by atoms with van der Waals surface area (Å²) in [6, 6.07) is 9.69. The Morgan fingerprint density at radius 3 is 1.97 bits per heavy atom. The maximum absolute atomic E-state index is 13.6. The quantitative estimate of drug-likeness (QED) is 0.705. The number of imide groups is 1. The van der Waals surface area contributed by atoms with Gasteiger partial charge in [-0.25, -0.2) is 8.78 Å². The lowest BCUT2D eigenvalue weighted by atomic mass is 9.71. The molecule has 0 unspecified atom stereocenters. The fourth-order valence-electron chi connectivity index (χ4n) is 5.18. The molecule has 0 bridgehead atoms. The van der Waals surface area contributed by atoms with Crippen molar-refractivity contribution in [3.05, 3.63) is 65.2 Å². The van der Waals surface area contributed by atoms with Crippen LogP contribution in [0.1, 0.15) is 52.8 Å². The number of amides is 3. The van der Waals surface area contributed by atoms with E-state index >= 15 is 0 Å². The number of hydrogen-bond donors (Lipinski definition) is 0. The molecule has 5 rings (SSSR count). The van der Waals surface area contributed by atoms with E-state index in [-0.39, 0.29) is 29.5 Å². The molecule has 7 heteroatoms. The summed E-state index contributed by atoms with van der Waals surface area (Å²) in [6.45, 7) is 0.402. The lowest BCUT2D eigenvalue weighted by molar-refractivity contribution is -0.127. The van der Waals surface area contributed by atoms with Gasteiger partial charge in [0.2, 0.25) is 5.91 Å². The molecule has 0 N–H and O–H groups in total. The summed E-state index contributed by atoms with van der Waals surface area (Å²) >= 11 is 0. The number of halogens is 2. The van der Waals surface area contributed by atoms with Gasteiger partial charge in [0, 0.05) is 24.3 Å². The van der Waals surface area contributed by atoms with Gasteiger partial charge in [-0.1, -0.05) is 12.1 Å². The molecule has 0 atom stereocenters. The van der Waals surface area contributed by atoms with Gasteiger partial charge < -0.3 is 4.90 Å². The van der Waals surface area contributed by atoms with Crippen LogP contribution in [-0.4, -0.2) is 35.2 Å². The average molecular weight is 410 g/mol. The van der Waals surface area contributed by atoms with E-state index in [0.717, 1.165) is 6.07 Å². The van der Waals surface area contributed by atoms with Crippen molar-refractivity contribution in [3.8, 4) is 0 Å². The van der Waals surface area contributed by atoms with Gasteiger partial charge >= 0.3 is 0 Å². The van der Waals surface area contributed by atoms with Crippen molar-refractivity contribution in [2.45, 2.75) is 38.1 Å². The minimum atomic E-state index is -0.715. The first-order chi connectivity index (χ1) is 14.4. The van der Waals surface area contributed by atoms with E-state index in [9.17, 15) is 23.2 Å². The smallest absolute Gasteiger partial charge is 0.261 e. The Kier molecular flexibility index (Phi) is 4.24. The van der Waals surface area contributed by atoms with Gasteiger partial charge in [-0.15, -0.1) is 0 Å². The van der Waals surface area contributed by atoms with Gasteiger partial charge in [0.25, 0.3) is 11.8 Å². The van der Waals surface area contributed by atoms with E-state index in [1.807, 2.05) is 0 Å². The molecule has 1 saturated heterocycles. The number of nitrogens with zero attached hydrogens (tertiary/aromatic N) is 2. The Morgan fingerprint density at radius 1 is 0.833 bits per heavy atom.